The Morgan fingerprint density at radius 3 is 2.23 bits per heavy atom. The van der Waals surface area contributed by atoms with Crippen LogP contribution in [-0.2, 0) is 12.8 Å². The molecular weight excluding hydrogens is 360 g/mol. The van der Waals surface area contributed by atoms with E-state index in [0.29, 0.717) is 5.92 Å². The molecule has 0 saturated carbocycles. The molecule has 1 aliphatic rings. The lowest BCUT2D eigenvalue weighted by atomic mass is 9.75. The third-order valence-corrected chi connectivity index (χ3v) is 7.17. The van der Waals surface area contributed by atoms with Crippen molar-refractivity contribution < 1.29 is 0 Å². The van der Waals surface area contributed by atoms with E-state index in [4.69, 9.17) is 0 Å². The van der Waals surface area contributed by atoms with Crippen LogP contribution in [0, 0.1) is 0 Å². The van der Waals surface area contributed by atoms with Crippen molar-refractivity contribution >= 4 is 32.3 Å². The number of aryl methyl sites for hydroxylation is 2. The minimum atomic E-state index is 0.487. The summed E-state index contributed by atoms with van der Waals surface area (Å²) in [5.41, 5.74) is 6.07. The monoisotopic (exact) mass is 386 g/mol. The third kappa shape index (κ3) is 2.60. The molecule has 146 valence electrons. The Labute approximate surface area is 178 Å². The van der Waals surface area contributed by atoms with Gasteiger partial charge in [-0.2, -0.15) is 0 Å². The van der Waals surface area contributed by atoms with Crippen molar-refractivity contribution in [3.8, 4) is 0 Å². The van der Waals surface area contributed by atoms with Gasteiger partial charge in [-0.05, 0) is 80.3 Å². The molecule has 0 spiro atoms. The van der Waals surface area contributed by atoms with Gasteiger partial charge in [0, 0.05) is 5.92 Å². The van der Waals surface area contributed by atoms with Gasteiger partial charge in [0.2, 0.25) is 0 Å². The molecule has 0 saturated heterocycles. The number of hydrogen-bond acceptors (Lipinski definition) is 0. The van der Waals surface area contributed by atoms with Crippen molar-refractivity contribution in [2.75, 3.05) is 0 Å². The van der Waals surface area contributed by atoms with Crippen molar-refractivity contribution in [3.63, 3.8) is 0 Å². The van der Waals surface area contributed by atoms with Crippen molar-refractivity contribution in [1.82, 2.24) is 0 Å². The standard InChI is InChI=1S/C30H26/c1-2-20-14-16-28(24-11-6-5-9-22(20)24)25-12-7-13-26-29-17-15-21-8-3-4-10-23(21)27(29)18-19-30(25)26/h3-6,8-11,14-19,25H,2,7,12-13H2,1H3. The van der Waals surface area contributed by atoms with Gasteiger partial charge in [0.15, 0.2) is 0 Å². The molecule has 0 nitrogen and oxygen atoms in total. The molecule has 0 N–H and O–H groups in total. The first-order chi connectivity index (χ1) is 14.8. The van der Waals surface area contributed by atoms with Crippen LogP contribution in [0.1, 0.15) is 47.9 Å². The highest BCUT2D eigenvalue weighted by Crippen LogP contribution is 2.43. The summed E-state index contributed by atoms with van der Waals surface area (Å²) in [6, 6.07) is 32.0. The molecule has 30 heavy (non-hydrogen) atoms. The smallest absolute Gasteiger partial charge is 0.00985 e. The van der Waals surface area contributed by atoms with Gasteiger partial charge < -0.3 is 0 Å². The Morgan fingerprint density at radius 2 is 1.37 bits per heavy atom. The summed E-state index contributed by atoms with van der Waals surface area (Å²) in [7, 11) is 0. The highest BCUT2D eigenvalue weighted by Gasteiger charge is 2.25. The molecule has 1 atom stereocenters. The topological polar surface area (TPSA) is 0 Å². The first-order valence-electron chi connectivity index (χ1n) is 11.3. The zero-order chi connectivity index (χ0) is 20.1. The lowest BCUT2D eigenvalue weighted by Crippen LogP contribution is -2.12. The largest absolute Gasteiger partial charge is 0.0616 e. The number of hydrogen-bond donors (Lipinski definition) is 0. The van der Waals surface area contributed by atoms with E-state index in [9.17, 15) is 0 Å². The Morgan fingerprint density at radius 1 is 0.633 bits per heavy atom. The summed E-state index contributed by atoms with van der Waals surface area (Å²) >= 11 is 0. The normalized spacial score (nSPS) is 16.2. The second-order valence-corrected chi connectivity index (χ2v) is 8.67. The van der Waals surface area contributed by atoms with Crippen LogP contribution < -0.4 is 0 Å². The maximum absolute atomic E-state index is 2.43. The Hall–Kier alpha value is -3.12. The van der Waals surface area contributed by atoms with Gasteiger partial charge >= 0.3 is 0 Å². The number of rotatable bonds is 2. The second-order valence-electron chi connectivity index (χ2n) is 8.67. The van der Waals surface area contributed by atoms with Crippen LogP contribution in [0.2, 0.25) is 0 Å². The van der Waals surface area contributed by atoms with Crippen molar-refractivity contribution in [2.24, 2.45) is 0 Å². The molecule has 0 heterocycles. The fraction of sp³-hybridized carbons (Fsp3) is 0.200. The van der Waals surface area contributed by atoms with Gasteiger partial charge in [-0.1, -0.05) is 91.9 Å². The second kappa shape index (κ2) is 6.99. The van der Waals surface area contributed by atoms with Gasteiger partial charge in [0.1, 0.15) is 0 Å². The van der Waals surface area contributed by atoms with Crippen molar-refractivity contribution in [2.45, 2.75) is 38.5 Å². The molecule has 1 unspecified atom stereocenters. The first kappa shape index (κ1) is 17.7. The molecule has 5 aromatic rings. The number of fused-ring (bicyclic) bond motifs is 6. The maximum Gasteiger partial charge on any atom is 0.00985 e. The lowest BCUT2D eigenvalue weighted by molar-refractivity contribution is 0.622. The molecule has 1 aliphatic carbocycles. The Kier molecular flexibility index (Phi) is 4.13. The van der Waals surface area contributed by atoms with Crippen LogP contribution in [0.15, 0.2) is 84.9 Å². The van der Waals surface area contributed by atoms with Crippen LogP contribution in [-0.4, -0.2) is 0 Å². The third-order valence-electron chi connectivity index (χ3n) is 7.17. The zero-order valence-corrected chi connectivity index (χ0v) is 17.5. The van der Waals surface area contributed by atoms with Gasteiger partial charge in [-0.25, -0.2) is 0 Å². The SMILES string of the molecule is CCc1ccc(C2CCCc3c2ccc2c3ccc3ccccc32)c2ccccc12. The van der Waals surface area contributed by atoms with Gasteiger partial charge in [0.05, 0.1) is 0 Å². The van der Waals surface area contributed by atoms with E-state index in [-0.39, 0.29) is 0 Å². The summed E-state index contributed by atoms with van der Waals surface area (Å²) < 4.78 is 0. The average molecular weight is 387 g/mol. The highest BCUT2D eigenvalue weighted by molar-refractivity contribution is 6.09. The van der Waals surface area contributed by atoms with E-state index in [2.05, 4.69) is 91.9 Å². The molecule has 0 amide bonds. The molecule has 0 bridgehead atoms. The maximum atomic E-state index is 2.43. The molecular formula is C30H26. The summed E-state index contributed by atoms with van der Waals surface area (Å²) in [4.78, 5) is 0. The predicted octanol–water partition coefficient (Wildman–Crippen LogP) is 8.18. The molecule has 0 radical (unpaired) electrons. The van der Waals surface area contributed by atoms with Gasteiger partial charge in [-0.3, -0.25) is 0 Å². The zero-order valence-electron chi connectivity index (χ0n) is 17.5. The molecule has 0 heteroatoms. The van der Waals surface area contributed by atoms with Crippen molar-refractivity contribution in [1.29, 1.82) is 0 Å². The minimum absolute atomic E-state index is 0.487. The van der Waals surface area contributed by atoms with E-state index >= 15 is 0 Å². The van der Waals surface area contributed by atoms with Crippen LogP contribution in [0.25, 0.3) is 32.3 Å². The van der Waals surface area contributed by atoms with Gasteiger partial charge in [-0.15, -0.1) is 0 Å². The van der Waals surface area contributed by atoms with E-state index in [0.717, 1.165) is 6.42 Å². The van der Waals surface area contributed by atoms with Gasteiger partial charge in [0.25, 0.3) is 0 Å². The molecule has 0 aliphatic heterocycles. The summed E-state index contributed by atoms with van der Waals surface area (Å²) in [6.07, 6.45) is 4.77. The van der Waals surface area contributed by atoms with Crippen LogP contribution in [0.5, 0.6) is 0 Å². The quantitative estimate of drug-likeness (QED) is 0.268. The van der Waals surface area contributed by atoms with Crippen molar-refractivity contribution in [3.05, 3.63) is 107 Å². The van der Waals surface area contributed by atoms with E-state index in [1.807, 2.05) is 0 Å². The highest BCUT2D eigenvalue weighted by atomic mass is 14.3. The van der Waals surface area contributed by atoms with Crippen LogP contribution >= 0.6 is 0 Å². The summed E-state index contributed by atoms with van der Waals surface area (Å²) in [5, 5.41) is 8.42. The summed E-state index contributed by atoms with van der Waals surface area (Å²) in [6.45, 7) is 2.26. The minimum Gasteiger partial charge on any atom is -0.0616 e. The van der Waals surface area contributed by atoms with Crippen LogP contribution in [0.3, 0.4) is 0 Å². The fourth-order valence-electron chi connectivity index (χ4n) is 5.73. The fourth-order valence-corrected chi connectivity index (χ4v) is 5.73. The van der Waals surface area contributed by atoms with E-state index < -0.39 is 0 Å². The lowest BCUT2D eigenvalue weighted by Gasteiger charge is -2.29. The first-order valence-corrected chi connectivity index (χ1v) is 11.3. The molecule has 0 fully saturated rings. The molecule has 5 aromatic carbocycles. The predicted molar refractivity (Wildman–Crippen MR) is 130 cm³/mol. The molecule has 0 aromatic heterocycles. The Bertz CT molecular complexity index is 1410. The Balaban J connectivity index is 1.59. The molecule has 6 rings (SSSR count). The van der Waals surface area contributed by atoms with Crippen LogP contribution in [0.4, 0.5) is 0 Å². The average Bonchev–Trinajstić information content (AvgIpc) is 2.82. The summed E-state index contributed by atoms with van der Waals surface area (Å²) in [5.74, 6) is 0.487. The van der Waals surface area contributed by atoms with E-state index in [1.165, 1.54) is 62.7 Å². The van der Waals surface area contributed by atoms with E-state index in [1.54, 1.807) is 11.1 Å². The number of benzene rings is 5.